The van der Waals surface area contributed by atoms with Crippen molar-refractivity contribution in [1.82, 2.24) is 24.9 Å². The van der Waals surface area contributed by atoms with Gasteiger partial charge in [0.25, 0.3) is 0 Å². The Morgan fingerprint density at radius 1 is 1.25 bits per heavy atom. The number of nitrogens with one attached hydrogen (secondary N) is 1. The van der Waals surface area contributed by atoms with E-state index in [1.807, 2.05) is 15.6 Å². The average Bonchev–Trinajstić information content (AvgIpc) is 3.01. The molecule has 0 radical (unpaired) electrons. The van der Waals surface area contributed by atoms with Crippen LogP contribution < -0.4 is 5.32 Å². The number of nitrogens with zero attached hydrogens (tertiary/aromatic N) is 4. The zero-order chi connectivity index (χ0) is 17.1. The van der Waals surface area contributed by atoms with Gasteiger partial charge in [-0.25, -0.2) is 4.79 Å². The van der Waals surface area contributed by atoms with Gasteiger partial charge in [0.15, 0.2) is 0 Å². The van der Waals surface area contributed by atoms with E-state index < -0.39 is 0 Å². The van der Waals surface area contributed by atoms with Crippen molar-refractivity contribution < 1.29 is 9.59 Å². The lowest BCUT2D eigenvalue weighted by atomic mass is 9.89. The maximum Gasteiger partial charge on any atom is 0.319 e. The Balaban J connectivity index is 1.55. The van der Waals surface area contributed by atoms with E-state index in [0.29, 0.717) is 26.2 Å². The van der Waals surface area contributed by atoms with Gasteiger partial charge in [0.1, 0.15) is 0 Å². The monoisotopic (exact) mass is 333 g/mol. The Hall–Kier alpha value is -2.05. The molecule has 7 heteroatoms. The van der Waals surface area contributed by atoms with Crippen molar-refractivity contribution in [3.63, 3.8) is 0 Å². The molecule has 132 valence electrons. The molecule has 7 nitrogen and oxygen atoms in total. The van der Waals surface area contributed by atoms with E-state index in [1.54, 1.807) is 19.0 Å². The van der Waals surface area contributed by atoms with E-state index in [2.05, 4.69) is 10.4 Å². The van der Waals surface area contributed by atoms with E-state index in [4.69, 9.17) is 0 Å². The fourth-order valence-electron chi connectivity index (χ4n) is 3.55. The van der Waals surface area contributed by atoms with Crippen LogP contribution in [0.1, 0.15) is 43.5 Å². The van der Waals surface area contributed by atoms with Crippen molar-refractivity contribution >= 4 is 11.9 Å². The normalized spacial score (nSPS) is 18.2. The van der Waals surface area contributed by atoms with Crippen LogP contribution in [-0.2, 0) is 24.4 Å². The summed E-state index contributed by atoms with van der Waals surface area (Å²) in [5, 5.41) is 7.58. The lowest BCUT2D eigenvalue weighted by Crippen LogP contribution is -2.43. The predicted octanol–water partition coefficient (Wildman–Crippen LogP) is 1.58. The lowest BCUT2D eigenvalue weighted by Gasteiger charge is -2.29. The highest BCUT2D eigenvalue weighted by atomic mass is 16.2. The van der Waals surface area contributed by atoms with Gasteiger partial charge < -0.3 is 15.1 Å². The van der Waals surface area contributed by atoms with Crippen LogP contribution >= 0.6 is 0 Å². The summed E-state index contributed by atoms with van der Waals surface area (Å²) in [4.78, 5) is 27.7. The number of carbonyl (C=O) groups is 2. The first-order chi connectivity index (χ1) is 11.5. The SMILES string of the molecule is CN(C)C(=O)N1CCn2nc(CNC(=O)C3CCCCC3)cc2C1. The molecule has 0 aromatic carbocycles. The van der Waals surface area contributed by atoms with Crippen LogP contribution in [0.5, 0.6) is 0 Å². The molecule has 1 aliphatic heterocycles. The number of amides is 3. The van der Waals surface area contributed by atoms with Crippen molar-refractivity contribution in [3.05, 3.63) is 17.5 Å². The largest absolute Gasteiger partial charge is 0.350 e. The van der Waals surface area contributed by atoms with Crippen LogP contribution in [0, 0.1) is 5.92 Å². The van der Waals surface area contributed by atoms with E-state index in [-0.39, 0.29) is 17.9 Å². The molecule has 24 heavy (non-hydrogen) atoms. The second-order valence-corrected chi connectivity index (χ2v) is 7.00. The molecule has 0 atom stereocenters. The van der Waals surface area contributed by atoms with Gasteiger partial charge in [0.2, 0.25) is 5.91 Å². The van der Waals surface area contributed by atoms with Gasteiger partial charge in [-0.05, 0) is 18.9 Å². The van der Waals surface area contributed by atoms with Crippen molar-refractivity contribution in [2.75, 3.05) is 20.6 Å². The Labute approximate surface area is 143 Å². The molecule has 1 N–H and O–H groups in total. The third-order valence-electron chi connectivity index (χ3n) is 4.92. The van der Waals surface area contributed by atoms with E-state index in [1.165, 1.54) is 6.42 Å². The van der Waals surface area contributed by atoms with Crippen molar-refractivity contribution in [2.24, 2.45) is 5.92 Å². The number of hydrogen-bond acceptors (Lipinski definition) is 3. The molecule has 1 saturated carbocycles. The topological polar surface area (TPSA) is 70.5 Å². The highest BCUT2D eigenvalue weighted by Gasteiger charge is 2.24. The molecule has 0 saturated heterocycles. The first-order valence-electron chi connectivity index (χ1n) is 8.84. The van der Waals surface area contributed by atoms with Crippen LogP contribution in [0.4, 0.5) is 4.79 Å². The molecule has 0 spiro atoms. The summed E-state index contributed by atoms with van der Waals surface area (Å²) in [6, 6.07) is 2.02. The summed E-state index contributed by atoms with van der Waals surface area (Å²) < 4.78 is 1.95. The number of rotatable bonds is 3. The summed E-state index contributed by atoms with van der Waals surface area (Å²) in [6.07, 6.45) is 5.58. The predicted molar refractivity (Wildman–Crippen MR) is 90.1 cm³/mol. The van der Waals surface area contributed by atoms with Gasteiger partial charge >= 0.3 is 6.03 Å². The summed E-state index contributed by atoms with van der Waals surface area (Å²) in [5.41, 5.74) is 1.90. The minimum atomic E-state index is 0.0228. The molecule has 0 bridgehead atoms. The second kappa shape index (κ2) is 7.23. The fourth-order valence-corrected chi connectivity index (χ4v) is 3.55. The van der Waals surface area contributed by atoms with E-state index >= 15 is 0 Å². The fraction of sp³-hybridized carbons (Fsp3) is 0.706. The number of fused-ring (bicyclic) bond motifs is 1. The van der Waals surface area contributed by atoms with Gasteiger partial charge in [0, 0.05) is 26.6 Å². The molecule has 1 aromatic rings. The number of carbonyl (C=O) groups excluding carboxylic acids is 2. The standard InChI is InChI=1S/C17H27N5O2/c1-20(2)17(24)21-8-9-22-15(12-21)10-14(19-22)11-18-16(23)13-6-4-3-5-7-13/h10,13H,3-9,11-12H2,1-2H3,(H,18,23). The first-order valence-corrected chi connectivity index (χ1v) is 8.84. The highest BCUT2D eigenvalue weighted by Crippen LogP contribution is 2.23. The molecular weight excluding hydrogens is 306 g/mol. The van der Waals surface area contributed by atoms with Gasteiger partial charge in [-0.3, -0.25) is 9.48 Å². The average molecular weight is 333 g/mol. The third kappa shape index (κ3) is 3.71. The quantitative estimate of drug-likeness (QED) is 0.913. The Bertz CT molecular complexity index is 604. The Kier molecular flexibility index (Phi) is 5.06. The van der Waals surface area contributed by atoms with Crippen LogP contribution in [-0.4, -0.2) is 52.2 Å². The van der Waals surface area contributed by atoms with Crippen molar-refractivity contribution in [3.8, 4) is 0 Å². The minimum absolute atomic E-state index is 0.0228. The molecule has 2 heterocycles. The van der Waals surface area contributed by atoms with Crippen LogP contribution in [0.25, 0.3) is 0 Å². The lowest BCUT2D eigenvalue weighted by molar-refractivity contribution is -0.126. The van der Waals surface area contributed by atoms with Crippen molar-refractivity contribution in [1.29, 1.82) is 0 Å². The number of urea groups is 1. The molecule has 0 unspecified atom stereocenters. The van der Waals surface area contributed by atoms with Crippen LogP contribution in [0.2, 0.25) is 0 Å². The Morgan fingerprint density at radius 2 is 2.00 bits per heavy atom. The number of aromatic nitrogens is 2. The molecule has 1 aliphatic carbocycles. The zero-order valence-electron chi connectivity index (χ0n) is 14.6. The third-order valence-corrected chi connectivity index (χ3v) is 4.92. The van der Waals surface area contributed by atoms with E-state index in [0.717, 1.165) is 37.1 Å². The van der Waals surface area contributed by atoms with Gasteiger partial charge in [0.05, 0.1) is 31.0 Å². The Morgan fingerprint density at radius 3 is 2.71 bits per heavy atom. The minimum Gasteiger partial charge on any atom is -0.350 e. The molecule has 3 amide bonds. The van der Waals surface area contributed by atoms with E-state index in [9.17, 15) is 9.59 Å². The van der Waals surface area contributed by atoms with Gasteiger partial charge in [-0.2, -0.15) is 5.10 Å². The molecule has 3 rings (SSSR count). The van der Waals surface area contributed by atoms with Gasteiger partial charge in [-0.15, -0.1) is 0 Å². The van der Waals surface area contributed by atoms with Crippen molar-refractivity contribution in [2.45, 2.75) is 51.7 Å². The summed E-state index contributed by atoms with van der Waals surface area (Å²) in [5.74, 6) is 0.328. The smallest absolute Gasteiger partial charge is 0.319 e. The van der Waals surface area contributed by atoms with Crippen LogP contribution in [0.15, 0.2) is 6.07 Å². The molecular formula is C17H27N5O2. The first kappa shape index (κ1) is 16.8. The molecule has 2 aliphatic rings. The van der Waals surface area contributed by atoms with Gasteiger partial charge in [-0.1, -0.05) is 19.3 Å². The molecule has 1 fully saturated rings. The highest BCUT2D eigenvalue weighted by molar-refractivity contribution is 5.78. The maximum absolute atomic E-state index is 12.2. The molecule has 1 aromatic heterocycles. The second-order valence-electron chi connectivity index (χ2n) is 7.00. The summed E-state index contributed by atoms with van der Waals surface area (Å²) in [6.45, 7) is 2.41. The summed E-state index contributed by atoms with van der Waals surface area (Å²) >= 11 is 0. The summed E-state index contributed by atoms with van der Waals surface area (Å²) in [7, 11) is 3.53. The number of hydrogen-bond donors (Lipinski definition) is 1. The van der Waals surface area contributed by atoms with Crippen LogP contribution in [0.3, 0.4) is 0 Å². The maximum atomic E-state index is 12.2. The zero-order valence-corrected chi connectivity index (χ0v) is 14.6.